The third-order valence-corrected chi connectivity index (χ3v) is 3.21. The molecule has 0 aliphatic carbocycles. The SMILES string of the molecule is CCc1cccc(C)c1NC(=O)c1cc(N)ccc1F. The number of rotatable bonds is 3. The van der Waals surface area contributed by atoms with E-state index in [9.17, 15) is 9.18 Å². The molecule has 20 heavy (non-hydrogen) atoms. The molecular formula is C16H17FN2O. The number of para-hydroxylation sites is 1. The zero-order valence-electron chi connectivity index (χ0n) is 11.5. The summed E-state index contributed by atoms with van der Waals surface area (Å²) in [6, 6.07) is 9.75. The topological polar surface area (TPSA) is 55.1 Å². The highest BCUT2D eigenvalue weighted by atomic mass is 19.1. The zero-order chi connectivity index (χ0) is 14.7. The third-order valence-electron chi connectivity index (χ3n) is 3.21. The van der Waals surface area contributed by atoms with E-state index >= 15 is 0 Å². The summed E-state index contributed by atoms with van der Waals surface area (Å²) in [7, 11) is 0. The van der Waals surface area contributed by atoms with Crippen molar-refractivity contribution in [1.82, 2.24) is 0 Å². The maximum absolute atomic E-state index is 13.7. The molecule has 0 spiro atoms. The highest BCUT2D eigenvalue weighted by Gasteiger charge is 2.14. The van der Waals surface area contributed by atoms with Crippen molar-refractivity contribution in [1.29, 1.82) is 0 Å². The monoisotopic (exact) mass is 272 g/mol. The Morgan fingerprint density at radius 1 is 1.30 bits per heavy atom. The van der Waals surface area contributed by atoms with Crippen LogP contribution in [0.5, 0.6) is 0 Å². The largest absolute Gasteiger partial charge is 0.399 e. The Balaban J connectivity index is 2.35. The average Bonchev–Trinajstić information content (AvgIpc) is 2.43. The Bertz CT molecular complexity index is 653. The molecule has 104 valence electrons. The first-order chi connectivity index (χ1) is 9.52. The Morgan fingerprint density at radius 2 is 2.05 bits per heavy atom. The molecule has 0 aliphatic heterocycles. The number of aryl methyl sites for hydroxylation is 2. The highest BCUT2D eigenvalue weighted by Crippen LogP contribution is 2.22. The van der Waals surface area contributed by atoms with Gasteiger partial charge in [0.25, 0.3) is 5.91 Å². The molecule has 0 radical (unpaired) electrons. The fourth-order valence-corrected chi connectivity index (χ4v) is 2.10. The molecule has 0 saturated heterocycles. The number of hydrogen-bond acceptors (Lipinski definition) is 2. The van der Waals surface area contributed by atoms with E-state index < -0.39 is 11.7 Å². The summed E-state index contributed by atoms with van der Waals surface area (Å²) in [4.78, 5) is 12.2. The molecule has 3 N–H and O–H groups in total. The maximum atomic E-state index is 13.7. The first-order valence-electron chi connectivity index (χ1n) is 6.47. The van der Waals surface area contributed by atoms with Crippen LogP contribution in [0.3, 0.4) is 0 Å². The molecule has 2 rings (SSSR count). The summed E-state index contributed by atoms with van der Waals surface area (Å²) in [6.07, 6.45) is 0.788. The van der Waals surface area contributed by atoms with Gasteiger partial charge in [0.05, 0.1) is 5.56 Å². The second-order valence-electron chi connectivity index (χ2n) is 4.66. The van der Waals surface area contributed by atoms with Crippen LogP contribution in [0, 0.1) is 12.7 Å². The van der Waals surface area contributed by atoms with Gasteiger partial charge in [0.15, 0.2) is 0 Å². The zero-order valence-corrected chi connectivity index (χ0v) is 11.5. The van der Waals surface area contributed by atoms with E-state index in [-0.39, 0.29) is 5.56 Å². The predicted octanol–water partition coefficient (Wildman–Crippen LogP) is 3.53. The quantitative estimate of drug-likeness (QED) is 0.840. The van der Waals surface area contributed by atoms with Gasteiger partial charge >= 0.3 is 0 Å². The molecule has 0 aromatic heterocycles. The number of hydrogen-bond donors (Lipinski definition) is 2. The average molecular weight is 272 g/mol. The fourth-order valence-electron chi connectivity index (χ4n) is 2.10. The van der Waals surface area contributed by atoms with Gasteiger partial charge in [0.1, 0.15) is 5.82 Å². The number of nitrogen functional groups attached to an aromatic ring is 1. The number of halogens is 1. The number of anilines is 2. The first-order valence-corrected chi connectivity index (χ1v) is 6.47. The van der Waals surface area contributed by atoms with Crippen LogP contribution in [0.25, 0.3) is 0 Å². The predicted molar refractivity (Wildman–Crippen MR) is 79.3 cm³/mol. The van der Waals surface area contributed by atoms with Crippen LogP contribution in [0.15, 0.2) is 36.4 Å². The van der Waals surface area contributed by atoms with Gasteiger partial charge in [-0.15, -0.1) is 0 Å². The number of carbonyl (C=O) groups is 1. The molecule has 2 aromatic carbocycles. The molecule has 0 atom stereocenters. The van der Waals surface area contributed by atoms with Crippen LogP contribution in [0.4, 0.5) is 15.8 Å². The van der Waals surface area contributed by atoms with E-state index in [0.717, 1.165) is 23.2 Å². The fraction of sp³-hybridized carbons (Fsp3) is 0.188. The van der Waals surface area contributed by atoms with Crippen molar-refractivity contribution < 1.29 is 9.18 Å². The van der Waals surface area contributed by atoms with E-state index in [1.54, 1.807) is 0 Å². The van der Waals surface area contributed by atoms with Gasteiger partial charge in [0, 0.05) is 11.4 Å². The smallest absolute Gasteiger partial charge is 0.258 e. The van der Waals surface area contributed by atoms with Crippen molar-refractivity contribution in [3.63, 3.8) is 0 Å². The third kappa shape index (κ3) is 2.79. The first kappa shape index (κ1) is 14.1. The van der Waals surface area contributed by atoms with E-state index in [4.69, 9.17) is 5.73 Å². The van der Waals surface area contributed by atoms with Gasteiger partial charge in [-0.3, -0.25) is 4.79 Å². The standard InChI is InChI=1S/C16H17FN2O/c1-3-11-6-4-5-10(2)15(11)19-16(20)13-9-12(18)7-8-14(13)17/h4-9H,3,18H2,1-2H3,(H,19,20). The normalized spacial score (nSPS) is 10.3. The molecule has 3 nitrogen and oxygen atoms in total. The molecular weight excluding hydrogens is 255 g/mol. The molecule has 0 fully saturated rings. The molecule has 0 heterocycles. The molecule has 0 aliphatic rings. The van der Waals surface area contributed by atoms with E-state index in [1.165, 1.54) is 18.2 Å². The van der Waals surface area contributed by atoms with Crippen LogP contribution in [0.2, 0.25) is 0 Å². The lowest BCUT2D eigenvalue weighted by molar-refractivity contribution is 0.102. The lowest BCUT2D eigenvalue weighted by Gasteiger charge is -2.13. The summed E-state index contributed by atoms with van der Waals surface area (Å²) in [5, 5.41) is 2.78. The van der Waals surface area contributed by atoms with Crippen LogP contribution >= 0.6 is 0 Å². The second-order valence-corrected chi connectivity index (χ2v) is 4.66. The van der Waals surface area contributed by atoms with Gasteiger partial charge in [-0.2, -0.15) is 0 Å². The lowest BCUT2D eigenvalue weighted by Crippen LogP contribution is -2.16. The lowest BCUT2D eigenvalue weighted by atomic mass is 10.1. The van der Waals surface area contributed by atoms with Crippen molar-refractivity contribution in [2.24, 2.45) is 0 Å². The van der Waals surface area contributed by atoms with Gasteiger partial charge < -0.3 is 11.1 Å². The minimum absolute atomic E-state index is 0.0460. The maximum Gasteiger partial charge on any atom is 0.258 e. The van der Waals surface area contributed by atoms with E-state index in [0.29, 0.717) is 5.69 Å². The second kappa shape index (κ2) is 5.74. The highest BCUT2D eigenvalue weighted by molar-refractivity contribution is 6.05. The number of nitrogens with two attached hydrogens (primary N) is 1. The Morgan fingerprint density at radius 3 is 2.75 bits per heavy atom. The van der Waals surface area contributed by atoms with Crippen molar-refractivity contribution in [3.8, 4) is 0 Å². The van der Waals surface area contributed by atoms with Gasteiger partial charge in [-0.1, -0.05) is 25.1 Å². The number of nitrogens with one attached hydrogen (secondary N) is 1. The van der Waals surface area contributed by atoms with Crippen molar-refractivity contribution in [3.05, 3.63) is 58.9 Å². The summed E-state index contributed by atoms with van der Waals surface area (Å²) in [5.41, 5.74) is 8.61. The van der Waals surface area contributed by atoms with Gasteiger partial charge in [-0.05, 0) is 42.7 Å². The Labute approximate surface area is 117 Å². The molecule has 2 aromatic rings. The number of benzene rings is 2. The summed E-state index contributed by atoms with van der Waals surface area (Å²) < 4.78 is 13.7. The minimum Gasteiger partial charge on any atom is -0.399 e. The van der Waals surface area contributed by atoms with Crippen LogP contribution in [0.1, 0.15) is 28.4 Å². The van der Waals surface area contributed by atoms with Crippen molar-refractivity contribution in [2.45, 2.75) is 20.3 Å². The van der Waals surface area contributed by atoms with Crippen LogP contribution in [-0.2, 0) is 6.42 Å². The molecule has 1 amide bonds. The van der Waals surface area contributed by atoms with Gasteiger partial charge in [-0.25, -0.2) is 4.39 Å². The van der Waals surface area contributed by atoms with Crippen molar-refractivity contribution >= 4 is 17.3 Å². The number of amides is 1. The summed E-state index contributed by atoms with van der Waals surface area (Å²) in [6.45, 7) is 3.91. The van der Waals surface area contributed by atoms with Gasteiger partial charge in [0.2, 0.25) is 0 Å². The van der Waals surface area contributed by atoms with E-state index in [2.05, 4.69) is 5.32 Å². The minimum atomic E-state index is -0.580. The molecule has 0 saturated carbocycles. The summed E-state index contributed by atoms with van der Waals surface area (Å²) in [5.74, 6) is -1.07. The Kier molecular flexibility index (Phi) is 4.03. The molecule has 4 heteroatoms. The van der Waals surface area contributed by atoms with Crippen LogP contribution < -0.4 is 11.1 Å². The van der Waals surface area contributed by atoms with Crippen LogP contribution in [-0.4, -0.2) is 5.91 Å². The molecule has 0 unspecified atom stereocenters. The number of carbonyl (C=O) groups excluding carboxylic acids is 1. The molecule has 0 bridgehead atoms. The Hall–Kier alpha value is -2.36. The summed E-state index contributed by atoms with van der Waals surface area (Å²) >= 11 is 0. The van der Waals surface area contributed by atoms with E-state index in [1.807, 2.05) is 32.0 Å². The van der Waals surface area contributed by atoms with Crippen molar-refractivity contribution in [2.75, 3.05) is 11.1 Å².